The number of rotatable bonds is 4. The zero-order valence-corrected chi connectivity index (χ0v) is 14.4. The van der Waals surface area contributed by atoms with E-state index in [1.54, 1.807) is 50.0 Å². The number of halogens is 1. The van der Waals surface area contributed by atoms with Gasteiger partial charge >= 0.3 is 0 Å². The van der Waals surface area contributed by atoms with Gasteiger partial charge in [-0.1, -0.05) is 6.07 Å². The molecule has 26 heavy (non-hydrogen) atoms. The molecule has 0 radical (unpaired) electrons. The summed E-state index contributed by atoms with van der Waals surface area (Å²) in [5, 5.41) is 26.1. The van der Waals surface area contributed by atoms with Crippen molar-refractivity contribution in [1.82, 2.24) is 25.2 Å². The van der Waals surface area contributed by atoms with E-state index in [1.807, 2.05) is 0 Å². The molecule has 3 rings (SSSR count). The largest absolute Gasteiger partial charge is 0.307 e. The van der Waals surface area contributed by atoms with Crippen LogP contribution in [-0.4, -0.2) is 31.1 Å². The van der Waals surface area contributed by atoms with Crippen molar-refractivity contribution in [2.75, 3.05) is 5.32 Å². The third kappa shape index (κ3) is 2.93. The molecule has 2 N–H and O–H groups in total. The van der Waals surface area contributed by atoms with Gasteiger partial charge in [-0.25, -0.2) is 4.39 Å². The Morgan fingerprint density at radius 1 is 1.35 bits per heavy atom. The van der Waals surface area contributed by atoms with E-state index in [-0.39, 0.29) is 17.3 Å². The van der Waals surface area contributed by atoms with Gasteiger partial charge < -0.3 is 5.32 Å². The first-order valence-electron chi connectivity index (χ1n) is 7.75. The average molecular weight is 353 g/mol. The number of anilines is 1. The molecule has 8 nitrogen and oxygen atoms in total. The van der Waals surface area contributed by atoms with E-state index in [2.05, 4.69) is 25.8 Å². The second kappa shape index (κ2) is 6.40. The van der Waals surface area contributed by atoms with Crippen molar-refractivity contribution in [3.8, 4) is 17.5 Å². The number of benzene rings is 1. The number of aryl methyl sites for hydroxylation is 1. The van der Waals surface area contributed by atoms with Gasteiger partial charge in [0.15, 0.2) is 11.5 Å². The lowest BCUT2D eigenvalue weighted by Gasteiger charge is -2.24. The van der Waals surface area contributed by atoms with Gasteiger partial charge in [0.1, 0.15) is 11.9 Å². The summed E-state index contributed by atoms with van der Waals surface area (Å²) in [6.07, 6.45) is 1.61. The maximum absolute atomic E-state index is 13.9. The lowest BCUT2D eigenvalue weighted by molar-refractivity contribution is -0.120. The minimum atomic E-state index is -1.06. The number of H-pyrrole nitrogens is 1. The minimum Gasteiger partial charge on any atom is -0.307 e. The molecule has 2 heterocycles. The summed E-state index contributed by atoms with van der Waals surface area (Å²) in [5.41, 5.74) is 0.436. The quantitative estimate of drug-likeness (QED) is 0.746. The molecule has 0 aliphatic carbocycles. The number of aromatic nitrogens is 5. The zero-order valence-electron chi connectivity index (χ0n) is 14.4. The van der Waals surface area contributed by atoms with Crippen molar-refractivity contribution >= 4 is 11.7 Å². The van der Waals surface area contributed by atoms with Gasteiger partial charge in [0.2, 0.25) is 5.91 Å². The molecule has 9 heteroatoms. The van der Waals surface area contributed by atoms with E-state index in [1.165, 1.54) is 12.1 Å². The molecule has 0 saturated carbocycles. The van der Waals surface area contributed by atoms with Gasteiger partial charge in [-0.15, -0.1) is 5.10 Å². The van der Waals surface area contributed by atoms with Crippen molar-refractivity contribution in [2.45, 2.75) is 19.3 Å². The van der Waals surface area contributed by atoms with Crippen LogP contribution in [0.3, 0.4) is 0 Å². The van der Waals surface area contributed by atoms with Gasteiger partial charge in [-0.3, -0.25) is 9.48 Å². The molecule has 0 aliphatic heterocycles. The van der Waals surface area contributed by atoms with Crippen LogP contribution in [0.5, 0.6) is 0 Å². The predicted octanol–water partition coefficient (Wildman–Crippen LogP) is 2.13. The van der Waals surface area contributed by atoms with Crippen LogP contribution in [0.2, 0.25) is 0 Å². The highest BCUT2D eigenvalue weighted by atomic mass is 19.1. The maximum atomic E-state index is 13.9. The summed E-state index contributed by atoms with van der Waals surface area (Å²) < 4.78 is 15.5. The van der Waals surface area contributed by atoms with Gasteiger partial charge in [0.25, 0.3) is 0 Å². The van der Waals surface area contributed by atoms with Crippen molar-refractivity contribution in [1.29, 1.82) is 5.26 Å². The summed E-state index contributed by atoms with van der Waals surface area (Å²) >= 11 is 0. The monoisotopic (exact) mass is 353 g/mol. The summed E-state index contributed by atoms with van der Waals surface area (Å²) in [4.78, 5) is 12.8. The molecule has 0 bridgehead atoms. The zero-order chi connectivity index (χ0) is 18.9. The lowest BCUT2D eigenvalue weighted by Crippen LogP contribution is -2.35. The molecular formula is C17H16FN7O. The fourth-order valence-corrected chi connectivity index (χ4v) is 2.49. The second-order valence-electron chi connectivity index (χ2n) is 6.25. The molecule has 0 fully saturated rings. The van der Waals surface area contributed by atoms with Crippen LogP contribution in [0.15, 0.2) is 30.5 Å². The van der Waals surface area contributed by atoms with Crippen LogP contribution in [-0.2, 0) is 17.3 Å². The summed E-state index contributed by atoms with van der Waals surface area (Å²) in [6.45, 7) is 3.32. The lowest BCUT2D eigenvalue weighted by atomic mass is 9.83. The van der Waals surface area contributed by atoms with E-state index < -0.39 is 11.2 Å². The number of hydrogen-bond donors (Lipinski definition) is 2. The Balaban J connectivity index is 1.89. The fourth-order valence-electron chi connectivity index (χ4n) is 2.49. The third-order valence-corrected chi connectivity index (χ3v) is 4.22. The Labute approximate surface area is 148 Å². The van der Waals surface area contributed by atoms with Crippen LogP contribution in [0, 0.1) is 17.1 Å². The Hall–Kier alpha value is -3.54. The van der Waals surface area contributed by atoms with Crippen LogP contribution < -0.4 is 5.32 Å². The fraction of sp³-hybridized carbons (Fsp3) is 0.235. The molecule has 132 valence electrons. The standard InChI is InChI=1S/C17H16FN7O/c1-17(2,11-5-4-10(9-19)12(18)8-11)16(26)21-15-14(22-24-23-15)13-6-7-20-25(13)3/h4-8H,1-3H3,(H2,21,22,23,24,26). The smallest absolute Gasteiger partial charge is 0.235 e. The van der Waals surface area contributed by atoms with Gasteiger partial charge in [0, 0.05) is 13.2 Å². The Bertz CT molecular complexity index is 1010. The highest BCUT2D eigenvalue weighted by Gasteiger charge is 2.32. The average Bonchev–Trinajstić information content (AvgIpc) is 3.23. The first-order valence-corrected chi connectivity index (χ1v) is 7.75. The second-order valence-corrected chi connectivity index (χ2v) is 6.25. The van der Waals surface area contributed by atoms with Gasteiger partial charge in [-0.2, -0.15) is 20.7 Å². The van der Waals surface area contributed by atoms with Crippen molar-refractivity contribution in [2.24, 2.45) is 7.05 Å². The SMILES string of the molecule is Cn1nccc1-c1n[nH]nc1NC(=O)C(C)(C)c1ccc(C#N)c(F)c1. The molecule has 2 aromatic heterocycles. The summed E-state index contributed by atoms with van der Waals surface area (Å²) in [7, 11) is 1.75. The normalized spacial score (nSPS) is 11.2. The molecular weight excluding hydrogens is 337 g/mol. The molecule has 0 atom stereocenters. The Morgan fingerprint density at radius 2 is 2.12 bits per heavy atom. The molecule has 0 aliphatic rings. The number of nitriles is 1. The number of hydrogen-bond acceptors (Lipinski definition) is 5. The van der Waals surface area contributed by atoms with Crippen molar-refractivity contribution in [3.05, 3.63) is 47.4 Å². The van der Waals surface area contributed by atoms with Crippen molar-refractivity contribution in [3.63, 3.8) is 0 Å². The molecule has 0 unspecified atom stereocenters. The van der Waals surface area contributed by atoms with E-state index in [9.17, 15) is 9.18 Å². The topological polar surface area (TPSA) is 112 Å². The number of amides is 1. The molecule has 3 aromatic rings. The van der Waals surface area contributed by atoms with Gasteiger partial charge in [-0.05, 0) is 37.6 Å². The molecule has 0 spiro atoms. The first-order chi connectivity index (χ1) is 12.3. The molecule has 1 aromatic carbocycles. The van der Waals surface area contributed by atoms with Crippen LogP contribution in [0.25, 0.3) is 11.4 Å². The third-order valence-electron chi connectivity index (χ3n) is 4.22. The van der Waals surface area contributed by atoms with Crippen LogP contribution >= 0.6 is 0 Å². The number of nitrogens with one attached hydrogen (secondary N) is 2. The van der Waals surface area contributed by atoms with Gasteiger partial charge in [0.05, 0.1) is 16.7 Å². The highest BCUT2D eigenvalue weighted by Crippen LogP contribution is 2.28. The Morgan fingerprint density at radius 3 is 2.73 bits per heavy atom. The Kier molecular flexibility index (Phi) is 4.26. The number of nitrogens with zero attached hydrogens (tertiary/aromatic N) is 5. The number of carbonyl (C=O) groups excluding carboxylic acids is 1. The maximum Gasteiger partial charge on any atom is 0.235 e. The number of carbonyl (C=O) groups is 1. The predicted molar refractivity (Wildman–Crippen MR) is 91.4 cm³/mol. The summed E-state index contributed by atoms with van der Waals surface area (Å²) in [5.74, 6) is -0.803. The van der Waals surface area contributed by atoms with E-state index in [0.29, 0.717) is 17.0 Å². The first kappa shape index (κ1) is 17.3. The molecule has 1 amide bonds. The van der Waals surface area contributed by atoms with E-state index in [0.717, 1.165) is 0 Å². The van der Waals surface area contributed by atoms with Crippen molar-refractivity contribution < 1.29 is 9.18 Å². The minimum absolute atomic E-state index is 0.0695. The molecule has 0 saturated heterocycles. The van der Waals surface area contributed by atoms with E-state index in [4.69, 9.17) is 5.26 Å². The number of aromatic amines is 1. The summed E-state index contributed by atoms with van der Waals surface area (Å²) in [6, 6.07) is 7.62. The van der Waals surface area contributed by atoms with Crippen LogP contribution in [0.4, 0.5) is 10.2 Å². The van der Waals surface area contributed by atoms with Crippen LogP contribution in [0.1, 0.15) is 25.0 Å². The highest BCUT2D eigenvalue weighted by molar-refractivity contribution is 5.99. The van der Waals surface area contributed by atoms with E-state index >= 15 is 0 Å².